The van der Waals surface area contributed by atoms with Crippen molar-refractivity contribution in [3.8, 4) is 0 Å². The molecule has 1 N–H and O–H groups in total. The van der Waals surface area contributed by atoms with Gasteiger partial charge >= 0.3 is 0 Å². The van der Waals surface area contributed by atoms with Crippen LogP contribution in [0, 0.1) is 27.7 Å². The van der Waals surface area contributed by atoms with Gasteiger partial charge in [-0.1, -0.05) is 12.5 Å². The average molecular weight is 261 g/mol. The number of aryl methyl sites for hydroxylation is 2. The van der Waals surface area contributed by atoms with Crippen LogP contribution in [0.5, 0.6) is 0 Å². The predicted molar refractivity (Wildman–Crippen MR) is 80.6 cm³/mol. The molecule has 0 radical (unpaired) electrons. The molecule has 1 aromatic carbocycles. The molecule has 0 spiro atoms. The van der Waals surface area contributed by atoms with Crippen LogP contribution >= 0.6 is 0 Å². The molecule has 1 unspecified atom stereocenters. The van der Waals surface area contributed by atoms with E-state index in [0.29, 0.717) is 0 Å². The van der Waals surface area contributed by atoms with Crippen molar-refractivity contribution in [2.45, 2.75) is 53.1 Å². The molecule has 0 saturated carbocycles. The van der Waals surface area contributed by atoms with Gasteiger partial charge in [0.1, 0.15) is 0 Å². The fraction of sp³-hybridized carbons (Fsp3) is 0.647. The monoisotopic (exact) mass is 261 g/mol. The zero-order valence-corrected chi connectivity index (χ0v) is 12.8. The number of benzene rings is 1. The maximum atomic E-state index is 10.6. The Bertz CT molecular complexity index is 421. The number of nitrogens with zero attached hydrogens (tertiary/aromatic N) is 1. The Morgan fingerprint density at radius 2 is 1.53 bits per heavy atom. The van der Waals surface area contributed by atoms with Crippen LogP contribution in [-0.4, -0.2) is 29.6 Å². The lowest BCUT2D eigenvalue weighted by atomic mass is 9.90. The zero-order valence-electron chi connectivity index (χ0n) is 12.8. The van der Waals surface area contributed by atoms with Gasteiger partial charge in [0, 0.05) is 6.54 Å². The Morgan fingerprint density at radius 3 is 2.05 bits per heavy atom. The van der Waals surface area contributed by atoms with Gasteiger partial charge < -0.3 is 10.0 Å². The van der Waals surface area contributed by atoms with Crippen LogP contribution < -0.4 is 0 Å². The fourth-order valence-corrected chi connectivity index (χ4v) is 3.23. The third-order valence-corrected chi connectivity index (χ3v) is 4.64. The summed E-state index contributed by atoms with van der Waals surface area (Å²) in [7, 11) is 0. The first-order chi connectivity index (χ1) is 9.00. The zero-order chi connectivity index (χ0) is 14.0. The summed E-state index contributed by atoms with van der Waals surface area (Å²) in [6.07, 6.45) is 3.54. The van der Waals surface area contributed by atoms with Gasteiger partial charge in [-0.3, -0.25) is 0 Å². The van der Waals surface area contributed by atoms with Gasteiger partial charge in [0.15, 0.2) is 0 Å². The standard InChI is InChI=1S/C17H27NO/c1-12-10-13(2)15(4)17(14(12)3)16(19)11-18-8-6-5-7-9-18/h10,16,19H,5-9,11H2,1-4H3. The van der Waals surface area contributed by atoms with Gasteiger partial charge in [0.25, 0.3) is 0 Å². The molecule has 1 aliphatic rings. The first kappa shape index (κ1) is 14.5. The van der Waals surface area contributed by atoms with E-state index >= 15 is 0 Å². The number of β-amino-alcohol motifs (C(OH)–C–C–N with tert-alkyl or cyclic N) is 1. The normalized spacial score (nSPS) is 18.6. The highest BCUT2D eigenvalue weighted by molar-refractivity contribution is 5.45. The van der Waals surface area contributed by atoms with Crippen molar-refractivity contribution in [3.63, 3.8) is 0 Å². The van der Waals surface area contributed by atoms with E-state index in [4.69, 9.17) is 0 Å². The quantitative estimate of drug-likeness (QED) is 0.901. The van der Waals surface area contributed by atoms with Gasteiger partial charge in [-0.2, -0.15) is 0 Å². The van der Waals surface area contributed by atoms with Crippen LogP contribution in [0.25, 0.3) is 0 Å². The lowest BCUT2D eigenvalue weighted by Gasteiger charge is -2.30. The average Bonchev–Trinajstić information content (AvgIpc) is 2.38. The van der Waals surface area contributed by atoms with E-state index in [-0.39, 0.29) is 6.10 Å². The first-order valence-electron chi connectivity index (χ1n) is 7.48. The minimum atomic E-state index is -0.350. The Labute approximate surface area is 117 Å². The molecule has 0 amide bonds. The van der Waals surface area contributed by atoms with Crippen molar-refractivity contribution in [2.75, 3.05) is 19.6 Å². The van der Waals surface area contributed by atoms with Gasteiger partial charge in [0.05, 0.1) is 6.10 Å². The molecule has 1 aliphatic heterocycles. The largest absolute Gasteiger partial charge is 0.387 e. The minimum absolute atomic E-state index is 0.350. The summed E-state index contributed by atoms with van der Waals surface area (Å²) in [4.78, 5) is 2.41. The van der Waals surface area contributed by atoms with Crippen molar-refractivity contribution >= 4 is 0 Å². The number of likely N-dealkylation sites (tertiary alicyclic amines) is 1. The molecular weight excluding hydrogens is 234 g/mol. The van der Waals surface area contributed by atoms with E-state index in [2.05, 4.69) is 38.7 Å². The second-order valence-corrected chi connectivity index (χ2v) is 6.05. The molecule has 0 bridgehead atoms. The van der Waals surface area contributed by atoms with Crippen LogP contribution in [0.3, 0.4) is 0 Å². The number of aliphatic hydroxyl groups is 1. The highest BCUT2D eigenvalue weighted by atomic mass is 16.3. The minimum Gasteiger partial charge on any atom is -0.387 e. The third kappa shape index (κ3) is 3.18. The molecule has 1 fully saturated rings. The van der Waals surface area contributed by atoms with Crippen LogP contribution in [0.2, 0.25) is 0 Å². The van der Waals surface area contributed by atoms with E-state index in [1.807, 2.05) is 0 Å². The Morgan fingerprint density at radius 1 is 1.00 bits per heavy atom. The molecular formula is C17H27NO. The van der Waals surface area contributed by atoms with Crippen molar-refractivity contribution < 1.29 is 5.11 Å². The van der Waals surface area contributed by atoms with Crippen LogP contribution in [0.15, 0.2) is 6.07 Å². The summed E-state index contributed by atoms with van der Waals surface area (Å²) in [6.45, 7) is 11.6. The molecule has 2 heteroatoms. The smallest absolute Gasteiger partial charge is 0.0922 e. The summed E-state index contributed by atoms with van der Waals surface area (Å²) in [5.41, 5.74) is 6.25. The molecule has 2 nitrogen and oxygen atoms in total. The molecule has 0 aliphatic carbocycles. The Balaban J connectivity index is 2.20. The van der Waals surface area contributed by atoms with Crippen LogP contribution in [0.1, 0.15) is 53.2 Å². The first-order valence-corrected chi connectivity index (χ1v) is 7.48. The van der Waals surface area contributed by atoms with E-state index in [0.717, 1.165) is 25.2 Å². The molecule has 1 atom stereocenters. The van der Waals surface area contributed by atoms with Crippen LogP contribution in [-0.2, 0) is 0 Å². The van der Waals surface area contributed by atoms with Crippen molar-refractivity contribution in [1.82, 2.24) is 4.90 Å². The summed E-state index contributed by atoms with van der Waals surface area (Å²) >= 11 is 0. The summed E-state index contributed by atoms with van der Waals surface area (Å²) in [6, 6.07) is 2.22. The van der Waals surface area contributed by atoms with Crippen molar-refractivity contribution in [2.24, 2.45) is 0 Å². The molecule has 106 valence electrons. The lowest BCUT2D eigenvalue weighted by molar-refractivity contribution is 0.100. The van der Waals surface area contributed by atoms with Crippen molar-refractivity contribution in [1.29, 1.82) is 0 Å². The Kier molecular flexibility index (Phi) is 4.64. The summed E-state index contributed by atoms with van der Waals surface area (Å²) < 4.78 is 0. The summed E-state index contributed by atoms with van der Waals surface area (Å²) in [5.74, 6) is 0. The third-order valence-electron chi connectivity index (χ3n) is 4.64. The topological polar surface area (TPSA) is 23.5 Å². The highest BCUT2D eigenvalue weighted by Crippen LogP contribution is 2.28. The van der Waals surface area contributed by atoms with E-state index in [1.165, 1.54) is 41.5 Å². The predicted octanol–water partition coefficient (Wildman–Crippen LogP) is 3.44. The number of rotatable bonds is 3. The lowest BCUT2D eigenvalue weighted by Crippen LogP contribution is -2.34. The van der Waals surface area contributed by atoms with Gasteiger partial charge in [-0.25, -0.2) is 0 Å². The fourth-order valence-electron chi connectivity index (χ4n) is 3.23. The Hall–Kier alpha value is -0.860. The van der Waals surface area contributed by atoms with Gasteiger partial charge in [-0.05, 0) is 81.4 Å². The summed E-state index contributed by atoms with van der Waals surface area (Å²) in [5, 5.41) is 10.6. The van der Waals surface area contributed by atoms with E-state index < -0.39 is 0 Å². The molecule has 2 rings (SSSR count). The second-order valence-electron chi connectivity index (χ2n) is 6.05. The second kappa shape index (κ2) is 6.06. The maximum Gasteiger partial charge on any atom is 0.0922 e. The highest BCUT2D eigenvalue weighted by Gasteiger charge is 2.20. The molecule has 1 saturated heterocycles. The molecule has 19 heavy (non-hydrogen) atoms. The molecule has 1 heterocycles. The number of aliphatic hydroxyl groups excluding tert-OH is 1. The molecule has 1 aromatic rings. The number of hydrogen-bond donors (Lipinski definition) is 1. The van der Waals surface area contributed by atoms with Gasteiger partial charge in [0.2, 0.25) is 0 Å². The molecule has 0 aromatic heterocycles. The maximum absolute atomic E-state index is 10.6. The van der Waals surface area contributed by atoms with Gasteiger partial charge in [-0.15, -0.1) is 0 Å². The van der Waals surface area contributed by atoms with E-state index in [9.17, 15) is 5.11 Å². The van der Waals surface area contributed by atoms with Crippen LogP contribution in [0.4, 0.5) is 0 Å². The number of piperidine rings is 1. The SMILES string of the molecule is Cc1cc(C)c(C)c(C(O)CN2CCCCC2)c1C. The van der Waals surface area contributed by atoms with Crippen molar-refractivity contribution in [3.05, 3.63) is 33.9 Å². The number of hydrogen-bond acceptors (Lipinski definition) is 2. The van der Waals surface area contributed by atoms with E-state index in [1.54, 1.807) is 0 Å².